The molecule has 0 fully saturated rings. The van der Waals surface area contributed by atoms with Crippen LogP contribution in [0.15, 0.2) is 29.4 Å². The van der Waals surface area contributed by atoms with Gasteiger partial charge in [-0.05, 0) is 26.0 Å². The number of pyridine rings is 1. The topological polar surface area (TPSA) is 112 Å². The minimum Gasteiger partial charge on any atom is -0.473 e. The fourth-order valence-electron chi connectivity index (χ4n) is 1.68. The second kappa shape index (κ2) is 5.60. The first kappa shape index (κ1) is 15.1. The van der Waals surface area contributed by atoms with Crippen molar-refractivity contribution in [1.82, 2.24) is 14.8 Å². The van der Waals surface area contributed by atoms with Crippen LogP contribution in [-0.4, -0.2) is 29.3 Å². The van der Waals surface area contributed by atoms with E-state index in [9.17, 15) is 8.42 Å². The van der Waals surface area contributed by atoms with Gasteiger partial charge in [-0.15, -0.1) is 0 Å². The lowest BCUT2D eigenvalue weighted by molar-refractivity contribution is 0.234. The van der Waals surface area contributed by atoms with Gasteiger partial charge in [0.2, 0.25) is 5.88 Å². The predicted molar refractivity (Wildman–Crippen MR) is 78.4 cm³/mol. The van der Waals surface area contributed by atoms with Crippen molar-refractivity contribution in [3.8, 4) is 5.88 Å². The van der Waals surface area contributed by atoms with Crippen molar-refractivity contribution in [2.24, 2.45) is 7.05 Å². The van der Waals surface area contributed by atoms with Gasteiger partial charge in [0.15, 0.2) is 5.82 Å². The highest BCUT2D eigenvalue weighted by molar-refractivity contribution is 7.92. The molecule has 2 aromatic heterocycles. The molecule has 0 aliphatic carbocycles. The Morgan fingerprint density at radius 2 is 2.14 bits per heavy atom. The van der Waals surface area contributed by atoms with E-state index in [1.165, 1.54) is 17.1 Å². The van der Waals surface area contributed by atoms with Crippen LogP contribution in [0.25, 0.3) is 0 Å². The number of aromatic nitrogens is 3. The Morgan fingerprint density at radius 3 is 2.71 bits per heavy atom. The molecular formula is C12H17N5O3S. The van der Waals surface area contributed by atoms with Gasteiger partial charge >= 0.3 is 0 Å². The minimum atomic E-state index is -3.86. The molecule has 0 aliphatic heterocycles. The molecule has 2 rings (SSSR count). The molecule has 9 heteroatoms. The van der Waals surface area contributed by atoms with Crippen molar-refractivity contribution in [2.75, 3.05) is 10.5 Å². The van der Waals surface area contributed by atoms with E-state index in [0.717, 1.165) is 0 Å². The standard InChI is InChI=1S/C12H17N5O3S/c1-8(2)20-12-9(5-4-6-14-12)16-21(18,19)10-7-17(3)15-11(10)13/h4-8,16H,1-3H3,(H2,13,15). The quantitative estimate of drug-likeness (QED) is 0.851. The molecule has 0 spiro atoms. The maximum atomic E-state index is 12.3. The number of ether oxygens (including phenoxy) is 1. The van der Waals surface area contributed by atoms with Crippen molar-refractivity contribution in [3.63, 3.8) is 0 Å². The van der Waals surface area contributed by atoms with E-state index in [0.29, 0.717) is 0 Å². The number of hydrogen-bond donors (Lipinski definition) is 2. The first-order valence-electron chi connectivity index (χ1n) is 6.23. The molecule has 0 saturated carbocycles. The Balaban J connectivity index is 2.35. The Labute approximate surface area is 123 Å². The number of anilines is 2. The molecule has 8 nitrogen and oxygen atoms in total. The van der Waals surface area contributed by atoms with E-state index >= 15 is 0 Å². The van der Waals surface area contributed by atoms with Gasteiger partial charge in [0.1, 0.15) is 10.6 Å². The maximum Gasteiger partial charge on any atom is 0.267 e. The number of nitrogens with zero attached hydrogens (tertiary/aromatic N) is 3. The molecule has 2 aromatic rings. The van der Waals surface area contributed by atoms with E-state index in [1.807, 2.05) is 13.8 Å². The fourth-order valence-corrected chi connectivity index (χ4v) is 2.84. The van der Waals surface area contributed by atoms with Gasteiger partial charge in [0.05, 0.1) is 6.10 Å². The zero-order valence-electron chi connectivity index (χ0n) is 11.9. The second-order valence-electron chi connectivity index (χ2n) is 4.68. The van der Waals surface area contributed by atoms with Crippen LogP contribution in [0.1, 0.15) is 13.8 Å². The number of aryl methyl sites for hydroxylation is 1. The third-order valence-corrected chi connectivity index (χ3v) is 3.86. The first-order chi connectivity index (χ1) is 9.79. The molecule has 0 amide bonds. The van der Waals surface area contributed by atoms with Crippen molar-refractivity contribution in [1.29, 1.82) is 0 Å². The lowest BCUT2D eigenvalue weighted by Gasteiger charge is -2.13. The number of hydrogen-bond acceptors (Lipinski definition) is 6. The number of nitrogens with two attached hydrogens (primary N) is 1. The first-order valence-corrected chi connectivity index (χ1v) is 7.71. The van der Waals surface area contributed by atoms with Crippen molar-refractivity contribution < 1.29 is 13.2 Å². The molecule has 0 aromatic carbocycles. The Hall–Kier alpha value is -2.29. The minimum absolute atomic E-state index is 0.0692. The van der Waals surface area contributed by atoms with E-state index in [4.69, 9.17) is 10.5 Å². The highest BCUT2D eigenvalue weighted by Crippen LogP contribution is 2.26. The van der Waals surface area contributed by atoms with Crippen LogP contribution in [0, 0.1) is 0 Å². The largest absolute Gasteiger partial charge is 0.473 e. The summed E-state index contributed by atoms with van der Waals surface area (Å²) in [5.41, 5.74) is 5.85. The zero-order valence-corrected chi connectivity index (χ0v) is 12.8. The number of nitrogen functional groups attached to an aromatic ring is 1. The van der Waals surface area contributed by atoms with Gasteiger partial charge in [0.25, 0.3) is 10.0 Å². The van der Waals surface area contributed by atoms with Crippen LogP contribution in [0.4, 0.5) is 11.5 Å². The number of rotatable bonds is 5. The molecule has 0 saturated heterocycles. The monoisotopic (exact) mass is 311 g/mol. The predicted octanol–water partition coefficient (Wildman–Crippen LogP) is 0.985. The molecule has 0 bridgehead atoms. The van der Waals surface area contributed by atoms with Crippen LogP contribution in [0.5, 0.6) is 5.88 Å². The van der Waals surface area contributed by atoms with Gasteiger partial charge < -0.3 is 10.5 Å². The van der Waals surface area contributed by atoms with Crippen LogP contribution >= 0.6 is 0 Å². The van der Waals surface area contributed by atoms with E-state index in [1.54, 1.807) is 19.2 Å². The summed E-state index contributed by atoms with van der Waals surface area (Å²) >= 11 is 0. The molecule has 2 heterocycles. The lowest BCUT2D eigenvalue weighted by Crippen LogP contribution is -2.16. The lowest BCUT2D eigenvalue weighted by atomic mass is 10.4. The van der Waals surface area contributed by atoms with Crippen LogP contribution in [-0.2, 0) is 17.1 Å². The van der Waals surface area contributed by atoms with Gasteiger partial charge in [-0.3, -0.25) is 9.40 Å². The van der Waals surface area contributed by atoms with E-state index in [-0.39, 0.29) is 28.4 Å². The zero-order chi connectivity index (χ0) is 15.6. The smallest absolute Gasteiger partial charge is 0.267 e. The maximum absolute atomic E-state index is 12.3. The summed E-state index contributed by atoms with van der Waals surface area (Å²) in [5.74, 6) is 0.138. The third kappa shape index (κ3) is 3.43. The molecule has 114 valence electrons. The Bertz CT molecular complexity index is 739. The summed E-state index contributed by atoms with van der Waals surface area (Å²) in [6, 6.07) is 3.17. The van der Waals surface area contributed by atoms with Crippen molar-refractivity contribution >= 4 is 21.5 Å². The van der Waals surface area contributed by atoms with Gasteiger partial charge in [-0.2, -0.15) is 5.10 Å². The molecular weight excluding hydrogens is 294 g/mol. The summed E-state index contributed by atoms with van der Waals surface area (Å²) < 4.78 is 33.9. The van der Waals surface area contributed by atoms with Crippen molar-refractivity contribution in [2.45, 2.75) is 24.8 Å². The highest BCUT2D eigenvalue weighted by atomic mass is 32.2. The molecule has 0 aliphatic rings. The van der Waals surface area contributed by atoms with E-state index < -0.39 is 10.0 Å². The van der Waals surface area contributed by atoms with Gasteiger partial charge in [-0.1, -0.05) is 0 Å². The molecule has 3 N–H and O–H groups in total. The SMILES string of the molecule is CC(C)Oc1ncccc1NS(=O)(=O)c1cn(C)nc1N. The van der Waals surface area contributed by atoms with Gasteiger partial charge in [-0.25, -0.2) is 13.4 Å². The third-order valence-electron chi connectivity index (χ3n) is 2.47. The van der Waals surface area contributed by atoms with E-state index in [2.05, 4.69) is 14.8 Å². The molecule has 0 atom stereocenters. The van der Waals surface area contributed by atoms with Crippen LogP contribution in [0.3, 0.4) is 0 Å². The highest BCUT2D eigenvalue weighted by Gasteiger charge is 2.22. The summed E-state index contributed by atoms with van der Waals surface area (Å²) in [4.78, 5) is 3.93. The molecule has 21 heavy (non-hydrogen) atoms. The molecule has 0 unspecified atom stereocenters. The number of nitrogens with one attached hydrogen (secondary N) is 1. The summed E-state index contributed by atoms with van der Waals surface area (Å²) in [7, 11) is -2.27. The van der Waals surface area contributed by atoms with Crippen LogP contribution in [0.2, 0.25) is 0 Å². The summed E-state index contributed by atoms with van der Waals surface area (Å²) in [6.07, 6.45) is 2.72. The summed E-state index contributed by atoms with van der Waals surface area (Å²) in [6.45, 7) is 3.65. The average Bonchev–Trinajstić information content (AvgIpc) is 2.71. The Morgan fingerprint density at radius 1 is 1.43 bits per heavy atom. The number of sulfonamides is 1. The fraction of sp³-hybridized carbons (Fsp3) is 0.333. The van der Waals surface area contributed by atoms with Crippen LogP contribution < -0.4 is 15.2 Å². The van der Waals surface area contributed by atoms with Gasteiger partial charge in [0, 0.05) is 19.4 Å². The Kier molecular flexibility index (Phi) is 4.03. The average molecular weight is 311 g/mol. The van der Waals surface area contributed by atoms with Crippen molar-refractivity contribution in [3.05, 3.63) is 24.5 Å². The summed E-state index contributed by atoms with van der Waals surface area (Å²) in [5, 5.41) is 3.82. The normalized spacial score (nSPS) is 11.6. The second-order valence-corrected chi connectivity index (χ2v) is 6.33. The molecule has 0 radical (unpaired) electrons.